The van der Waals surface area contributed by atoms with Crippen molar-refractivity contribution in [2.75, 3.05) is 11.1 Å². The Hall–Kier alpha value is -1.50. The molecule has 6 nitrogen and oxygen atoms in total. The van der Waals surface area contributed by atoms with E-state index in [-0.39, 0.29) is 17.0 Å². The summed E-state index contributed by atoms with van der Waals surface area (Å²) in [6.07, 6.45) is 5.23. The number of anilines is 1. The molecule has 0 spiro atoms. The number of hydrogen-bond donors (Lipinski definition) is 1. The monoisotopic (exact) mass is 297 g/mol. The largest absolute Gasteiger partial charge is 0.367 e. The van der Waals surface area contributed by atoms with Crippen molar-refractivity contribution in [3.05, 3.63) is 28.4 Å². The second-order valence-corrected chi connectivity index (χ2v) is 6.96. The van der Waals surface area contributed by atoms with Gasteiger partial charge in [0.15, 0.2) is 0 Å². The zero-order valence-corrected chi connectivity index (χ0v) is 12.3. The van der Waals surface area contributed by atoms with Gasteiger partial charge in [-0.05, 0) is 25.3 Å². The van der Waals surface area contributed by atoms with E-state index in [4.69, 9.17) is 0 Å². The SMILES string of the molecule is CCS(=O)C1CCCC(Nc2ccc([N+](=O)[O-])cn2)C1. The third kappa shape index (κ3) is 3.75. The molecule has 1 fully saturated rings. The average Bonchev–Trinajstić information content (AvgIpc) is 2.47. The van der Waals surface area contributed by atoms with E-state index in [1.807, 2.05) is 6.92 Å². The lowest BCUT2D eigenvalue weighted by molar-refractivity contribution is -0.385. The standard InChI is InChI=1S/C13H19N3O3S/c1-2-20(19)12-5-3-4-10(8-12)15-13-7-6-11(9-14-13)16(17)18/h6-7,9-10,12H,2-5,8H2,1H3,(H,14,15). The molecule has 1 aromatic rings. The molecule has 1 saturated carbocycles. The first-order valence-electron chi connectivity index (χ1n) is 6.84. The summed E-state index contributed by atoms with van der Waals surface area (Å²) in [4.78, 5) is 14.2. The van der Waals surface area contributed by atoms with E-state index in [2.05, 4.69) is 10.3 Å². The molecule has 1 N–H and O–H groups in total. The molecular weight excluding hydrogens is 278 g/mol. The lowest BCUT2D eigenvalue weighted by Crippen LogP contribution is -2.33. The Bertz CT molecular complexity index is 492. The molecule has 3 atom stereocenters. The lowest BCUT2D eigenvalue weighted by Gasteiger charge is -2.29. The highest BCUT2D eigenvalue weighted by Gasteiger charge is 2.25. The Morgan fingerprint density at radius 3 is 2.90 bits per heavy atom. The zero-order valence-electron chi connectivity index (χ0n) is 11.4. The van der Waals surface area contributed by atoms with Gasteiger partial charge in [0.25, 0.3) is 5.69 Å². The summed E-state index contributed by atoms with van der Waals surface area (Å²) < 4.78 is 11.9. The first-order valence-corrected chi connectivity index (χ1v) is 8.22. The van der Waals surface area contributed by atoms with Crippen LogP contribution in [0, 0.1) is 10.1 Å². The summed E-state index contributed by atoms with van der Waals surface area (Å²) in [5, 5.41) is 14.1. The molecule has 0 saturated heterocycles. The van der Waals surface area contributed by atoms with Crippen LogP contribution in [-0.4, -0.2) is 31.2 Å². The highest BCUT2D eigenvalue weighted by Crippen LogP contribution is 2.25. The second-order valence-electron chi connectivity index (χ2n) is 4.96. The molecule has 0 radical (unpaired) electrons. The van der Waals surface area contributed by atoms with Crippen LogP contribution in [0.5, 0.6) is 0 Å². The van der Waals surface area contributed by atoms with Gasteiger partial charge in [0.2, 0.25) is 0 Å². The van der Waals surface area contributed by atoms with Gasteiger partial charge in [0.05, 0.1) is 4.92 Å². The predicted octanol–water partition coefficient (Wildman–Crippen LogP) is 2.48. The van der Waals surface area contributed by atoms with Crippen molar-refractivity contribution in [3.63, 3.8) is 0 Å². The zero-order chi connectivity index (χ0) is 14.5. The minimum atomic E-state index is -0.752. The van der Waals surface area contributed by atoms with E-state index in [9.17, 15) is 14.3 Å². The number of hydrogen-bond acceptors (Lipinski definition) is 5. The first kappa shape index (κ1) is 14.9. The van der Waals surface area contributed by atoms with Gasteiger partial charge in [-0.1, -0.05) is 13.3 Å². The third-order valence-electron chi connectivity index (χ3n) is 3.59. The van der Waals surface area contributed by atoms with Crippen LogP contribution >= 0.6 is 0 Å². The number of nitro groups is 1. The van der Waals surface area contributed by atoms with Gasteiger partial charge in [0, 0.05) is 33.9 Å². The van der Waals surface area contributed by atoms with Gasteiger partial charge in [0.1, 0.15) is 12.0 Å². The normalized spacial score (nSPS) is 24.1. The van der Waals surface area contributed by atoms with Crippen LogP contribution in [0.4, 0.5) is 11.5 Å². The molecular formula is C13H19N3O3S. The minimum Gasteiger partial charge on any atom is -0.367 e. The van der Waals surface area contributed by atoms with Crippen LogP contribution < -0.4 is 5.32 Å². The molecule has 1 heterocycles. The molecule has 3 unspecified atom stereocenters. The van der Waals surface area contributed by atoms with Crippen molar-refractivity contribution in [3.8, 4) is 0 Å². The van der Waals surface area contributed by atoms with Crippen LogP contribution in [0.25, 0.3) is 0 Å². The molecule has 0 amide bonds. The van der Waals surface area contributed by atoms with E-state index in [1.165, 1.54) is 12.3 Å². The molecule has 0 aromatic carbocycles. The van der Waals surface area contributed by atoms with Crippen LogP contribution in [0.1, 0.15) is 32.6 Å². The van der Waals surface area contributed by atoms with Gasteiger partial charge >= 0.3 is 0 Å². The van der Waals surface area contributed by atoms with Crippen LogP contribution in [0.3, 0.4) is 0 Å². The second kappa shape index (κ2) is 6.78. The van der Waals surface area contributed by atoms with Crippen molar-refractivity contribution in [1.82, 2.24) is 4.98 Å². The molecule has 1 aliphatic rings. The van der Waals surface area contributed by atoms with Gasteiger partial charge < -0.3 is 5.32 Å². The molecule has 20 heavy (non-hydrogen) atoms. The fourth-order valence-corrected chi connectivity index (χ4v) is 3.89. The minimum absolute atomic E-state index is 0.0100. The van der Waals surface area contributed by atoms with E-state index in [1.54, 1.807) is 6.07 Å². The average molecular weight is 297 g/mol. The van der Waals surface area contributed by atoms with Crippen LogP contribution in [-0.2, 0) is 10.8 Å². The van der Waals surface area contributed by atoms with Gasteiger partial charge in [-0.3, -0.25) is 14.3 Å². The molecule has 110 valence electrons. The summed E-state index contributed by atoms with van der Waals surface area (Å²) in [6, 6.07) is 3.32. The number of rotatable bonds is 5. The fraction of sp³-hybridized carbons (Fsp3) is 0.615. The van der Waals surface area contributed by atoms with E-state index < -0.39 is 15.7 Å². The molecule has 0 aliphatic heterocycles. The number of nitrogens with one attached hydrogen (secondary N) is 1. The van der Waals surface area contributed by atoms with Crippen molar-refractivity contribution < 1.29 is 9.13 Å². The van der Waals surface area contributed by atoms with Crippen molar-refractivity contribution in [2.45, 2.75) is 43.9 Å². The molecule has 1 aliphatic carbocycles. The van der Waals surface area contributed by atoms with E-state index in [0.29, 0.717) is 11.6 Å². The fourth-order valence-electron chi connectivity index (χ4n) is 2.54. The van der Waals surface area contributed by atoms with E-state index >= 15 is 0 Å². The van der Waals surface area contributed by atoms with Crippen molar-refractivity contribution in [1.29, 1.82) is 0 Å². The Labute approximate surface area is 120 Å². The highest BCUT2D eigenvalue weighted by atomic mass is 32.2. The molecule has 2 rings (SSSR count). The van der Waals surface area contributed by atoms with Crippen molar-refractivity contribution in [2.24, 2.45) is 0 Å². The molecule has 7 heteroatoms. The van der Waals surface area contributed by atoms with Crippen LogP contribution in [0.2, 0.25) is 0 Å². The Morgan fingerprint density at radius 1 is 1.50 bits per heavy atom. The maximum absolute atomic E-state index is 11.9. The summed E-state index contributed by atoms with van der Waals surface area (Å²) in [6.45, 7) is 1.95. The van der Waals surface area contributed by atoms with Crippen LogP contribution in [0.15, 0.2) is 18.3 Å². The highest BCUT2D eigenvalue weighted by molar-refractivity contribution is 7.85. The number of nitrogens with zero attached hydrogens (tertiary/aromatic N) is 2. The summed E-state index contributed by atoms with van der Waals surface area (Å²) in [5.41, 5.74) is -0.0100. The Balaban J connectivity index is 1.95. The summed E-state index contributed by atoms with van der Waals surface area (Å²) in [7, 11) is -0.752. The van der Waals surface area contributed by atoms with Gasteiger partial charge in [-0.25, -0.2) is 4.98 Å². The van der Waals surface area contributed by atoms with Gasteiger partial charge in [-0.15, -0.1) is 0 Å². The number of pyridine rings is 1. The lowest BCUT2D eigenvalue weighted by atomic mass is 9.95. The Kier molecular flexibility index (Phi) is 5.05. The third-order valence-corrected chi connectivity index (χ3v) is 5.33. The maximum Gasteiger partial charge on any atom is 0.287 e. The topological polar surface area (TPSA) is 85.1 Å². The number of aromatic nitrogens is 1. The molecule has 1 aromatic heterocycles. The maximum atomic E-state index is 11.9. The van der Waals surface area contributed by atoms with Gasteiger partial charge in [-0.2, -0.15) is 0 Å². The molecule has 0 bridgehead atoms. The summed E-state index contributed by atoms with van der Waals surface area (Å²) >= 11 is 0. The quantitative estimate of drug-likeness (QED) is 0.666. The first-order chi connectivity index (χ1) is 9.60. The van der Waals surface area contributed by atoms with E-state index in [0.717, 1.165) is 25.7 Å². The smallest absolute Gasteiger partial charge is 0.287 e. The Morgan fingerprint density at radius 2 is 2.30 bits per heavy atom. The van der Waals surface area contributed by atoms with Crippen molar-refractivity contribution >= 4 is 22.3 Å². The summed E-state index contributed by atoms with van der Waals surface area (Å²) in [5.74, 6) is 1.34. The predicted molar refractivity (Wildman–Crippen MR) is 79.2 cm³/mol.